The highest BCUT2D eigenvalue weighted by atomic mass is 16.5. The van der Waals surface area contributed by atoms with Crippen LogP contribution < -0.4 is 16.0 Å². The van der Waals surface area contributed by atoms with E-state index in [1.165, 1.54) is 41.9 Å². The van der Waals surface area contributed by atoms with Crippen LogP contribution in [0.25, 0.3) is 0 Å². The maximum Gasteiger partial charge on any atom is 0.331 e. The predicted molar refractivity (Wildman–Crippen MR) is 81.5 cm³/mol. The van der Waals surface area contributed by atoms with Crippen LogP contribution in [0.2, 0.25) is 0 Å². The second-order valence-electron chi connectivity index (χ2n) is 5.91. The lowest BCUT2D eigenvalue weighted by Crippen LogP contribution is -2.54. The molecule has 9 nitrogen and oxygen atoms in total. The van der Waals surface area contributed by atoms with Crippen LogP contribution in [-0.4, -0.2) is 55.7 Å². The summed E-state index contributed by atoms with van der Waals surface area (Å²) in [5.41, 5.74) is -2.34. The molecule has 0 aromatic carbocycles. The molecule has 0 aromatic heterocycles. The van der Waals surface area contributed by atoms with Crippen molar-refractivity contribution in [3.8, 4) is 0 Å². The fraction of sp³-hybridized carbons (Fsp3) is 0.714. The number of amides is 3. The lowest BCUT2D eigenvalue weighted by Gasteiger charge is -2.24. The minimum Gasteiger partial charge on any atom is -0.467 e. The number of hydrogen-bond acceptors (Lipinski definition) is 6. The Morgan fingerprint density at radius 3 is 1.70 bits per heavy atom. The van der Waals surface area contributed by atoms with Crippen molar-refractivity contribution in [1.82, 2.24) is 16.0 Å². The maximum atomic E-state index is 11.7. The van der Waals surface area contributed by atoms with Gasteiger partial charge in [0.2, 0.25) is 5.91 Å². The summed E-state index contributed by atoms with van der Waals surface area (Å²) in [4.78, 5) is 46.3. The molecule has 0 aliphatic rings. The van der Waals surface area contributed by atoms with Crippen LogP contribution in [0.5, 0.6) is 0 Å². The highest BCUT2D eigenvalue weighted by molar-refractivity contribution is 5.88. The van der Waals surface area contributed by atoms with Crippen molar-refractivity contribution in [2.45, 2.75) is 45.2 Å². The summed E-state index contributed by atoms with van der Waals surface area (Å²) in [6.07, 6.45) is -0.0352. The van der Waals surface area contributed by atoms with Gasteiger partial charge in [-0.25, -0.2) is 14.4 Å². The molecule has 3 amide bonds. The first-order valence-corrected chi connectivity index (χ1v) is 7.00. The van der Waals surface area contributed by atoms with E-state index < -0.39 is 35.0 Å². The van der Waals surface area contributed by atoms with Crippen LogP contribution in [0.15, 0.2) is 0 Å². The van der Waals surface area contributed by atoms with Gasteiger partial charge in [0, 0.05) is 13.0 Å². The van der Waals surface area contributed by atoms with Crippen molar-refractivity contribution in [3.05, 3.63) is 0 Å². The molecule has 0 bridgehead atoms. The molecular formula is C14H25N3O6. The number of methoxy groups -OCH3 is 2. The molecule has 0 spiro atoms. The average Bonchev–Trinajstić information content (AvgIpc) is 2.43. The standard InChI is InChI=1S/C14H25N3O6/c1-13(2,10(19)22-5)16-9(18)7-8-15-12(21)17-14(3,4)11(20)23-6/h7-8H2,1-6H3,(H,16,18)(H2,15,17,21). The van der Waals surface area contributed by atoms with E-state index in [4.69, 9.17) is 0 Å². The van der Waals surface area contributed by atoms with Crippen LogP contribution in [0.1, 0.15) is 34.1 Å². The predicted octanol–water partition coefficient (Wildman–Crippen LogP) is -0.305. The fourth-order valence-electron chi connectivity index (χ4n) is 1.64. The quantitative estimate of drug-likeness (QED) is 0.550. The Balaban J connectivity index is 4.26. The van der Waals surface area contributed by atoms with Gasteiger partial charge in [0.1, 0.15) is 11.1 Å². The first-order valence-electron chi connectivity index (χ1n) is 7.00. The normalized spacial score (nSPS) is 11.2. The molecule has 0 radical (unpaired) electrons. The molecular weight excluding hydrogens is 306 g/mol. The third-order valence-electron chi connectivity index (χ3n) is 2.91. The number of carbonyl (C=O) groups excluding carboxylic acids is 4. The number of nitrogens with one attached hydrogen (secondary N) is 3. The molecule has 0 aliphatic carbocycles. The van der Waals surface area contributed by atoms with Crippen molar-refractivity contribution in [2.75, 3.05) is 20.8 Å². The Morgan fingerprint density at radius 2 is 1.26 bits per heavy atom. The fourth-order valence-corrected chi connectivity index (χ4v) is 1.64. The molecule has 0 aliphatic heterocycles. The van der Waals surface area contributed by atoms with Crippen molar-refractivity contribution in [3.63, 3.8) is 0 Å². The lowest BCUT2D eigenvalue weighted by atomic mass is 10.1. The Kier molecular flexibility index (Phi) is 7.51. The van der Waals surface area contributed by atoms with Gasteiger partial charge in [0.25, 0.3) is 0 Å². The summed E-state index contributed by atoms with van der Waals surface area (Å²) in [5, 5.41) is 7.37. The van der Waals surface area contributed by atoms with Gasteiger partial charge in [0.05, 0.1) is 14.2 Å². The van der Waals surface area contributed by atoms with Gasteiger partial charge >= 0.3 is 18.0 Å². The summed E-state index contributed by atoms with van der Waals surface area (Å²) in [7, 11) is 2.45. The molecule has 3 N–H and O–H groups in total. The maximum absolute atomic E-state index is 11.7. The molecule has 0 unspecified atom stereocenters. The molecule has 0 heterocycles. The number of hydrogen-bond donors (Lipinski definition) is 3. The summed E-state index contributed by atoms with van der Waals surface area (Å²) >= 11 is 0. The number of rotatable bonds is 7. The lowest BCUT2D eigenvalue weighted by molar-refractivity contribution is -0.149. The molecule has 0 aromatic rings. The van der Waals surface area contributed by atoms with Gasteiger partial charge in [-0.1, -0.05) is 0 Å². The molecule has 9 heteroatoms. The van der Waals surface area contributed by atoms with Crippen LogP contribution in [0, 0.1) is 0 Å². The molecule has 23 heavy (non-hydrogen) atoms. The van der Waals surface area contributed by atoms with Crippen LogP contribution in [0.4, 0.5) is 4.79 Å². The van der Waals surface area contributed by atoms with E-state index in [2.05, 4.69) is 25.4 Å². The van der Waals surface area contributed by atoms with E-state index in [1.54, 1.807) is 0 Å². The second kappa shape index (κ2) is 8.35. The number of esters is 2. The first kappa shape index (κ1) is 20.7. The van der Waals surface area contributed by atoms with E-state index in [0.29, 0.717) is 0 Å². The van der Waals surface area contributed by atoms with E-state index in [9.17, 15) is 19.2 Å². The van der Waals surface area contributed by atoms with E-state index in [1.807, 2.05) is 0 Å². The van der Waals surface area contributed by atoms with E-state index in [0.717, 1.165) is 0 Å². The van der Waals surface area contributed by atoms with Gasteiger partial charge in [0.15, 0.2) is 0 Å². The monoisotopic (exact) mass is 331 g/mol. The Hall–Kier alpha value is -2.32. The summed E-state index contributed by atoms with van der Waals surface area (Å²) in [5.74, 6) is -1.59. The number of urea groups is 1. The van der Waals surface area contributed by atoms with Gasteiger partial charge < -0.3 is 25.4 Å². The van der Waals surface area contributed by atoms with Crippen LogP contribution in [0.3, 0.4) is 0 Å². The van der Waals surface area contributed by atoms with E-state index >= 15 is 0 Å². The third-order valence-corrected chi connectivity index (χ3v) is 2.91. The van der Waals surface area contributed by atoms with Gasteiger partial charge in [-0.05, 0) is 27.7 Å². The first-order chi connectivity index (χ1) is 10.5. The average molecular weight is 331 g/mol. The van der Waals surface area contributed by atoms with Crippen molar-refractivity contribution >= 4 is 23.9 Å². The number of carbonyl (C=O) groups is 4. The Morgan fingerprint density at radius 1 is 0.826 bits per heavy atom. The van der Waals surface area contributed by atoms with Crippen LogP contribution in [-0.2, 0) is 23.9 Å². The minimum atomic E-state index is -1.19. The molecule has 0 rings (SSSR count). The van der Waals surface area contributed by atoms with Gasteiger partial charge in [-0.15, -0.1) is 0 Å². The Bertz CT molecular complexity index is 431. The summed E-state index contributed by atoms with van der Waals surface area (Å²) in [6.45, 7) is 6.03. The van der Waals surface area contributed by atoms with Gasteiger partial charge in [-0.3, -0.25) is 4.79 Å². The van der Waals surface area contributed by atoms with Crippen LogP contribution >= 0.6 is 0 Å². The third kappa shape index (κ3) is 6.98. The second-order valence-corrected chi connectivity index (χ2v) is 5.91. The summed E-state index contributed by atoms with van der Waals surface area (Å²) < 4.78 is 9.13. The highest BCUT2D eigenvalue weighted by Gasteiger charge is 2.31. The zero-order chi connectivity index (χ0) is 18.3. The summed E-state index contributed by atoms with van der Waals surface area (Å²) in [6, 6.07) is -0.611. The zero-order valence-electron chi connectivity index (χ0n) is 14.4. The van der Waals surface area contributed by atoms with Crippen molar-refractivity contribution in [1.29, 1.82) is 0 Å². The smallest absolute Gasteiger partial charge is 0.331 e. The van der Waals surface area contributed by atoms with Crippen molar-refractivity contribution < 1.29 is 28.7 Å². The molecule has 0 saturated heterocycles. The van der Waals surface area contributed by atoms with E-state index in [-0.39, 0.29) is 13.0 Å². The highest BCUT2D eigenvalue weighted by Crippen LogP contribution is 2.05. The van der Waals surface area contributed by atoms with Crippen molar-refractivity contribution in [2.24, 2.45) is 0 Å². The topological polar surface area (TPSA) is 123 Å². The zero-order valence-corrected chi connectivity index (χ0v) is 14.4. The number of ether oxygens (including phenoxy) is 2. The largest absolute Gasteiger partial charge is 0.467 e. The molecule has 0 saturated carbocycles. The van der Waals surface area contributed by atoms with Gasteiger partial charge in [-0.2, -0.15) is 0 Å². The SMILES string of the molecule is COC(=O)C(C)(C)NC(=O)CCNC(=O)NC(C)(C)C(=O)OC. The molecule has 0 fully saturated rings. The molecule has 132 valence electrons. The Labute approximate surface area is 135 Å². The minimum absolute atomic E-state index is 0.0339. The molecule has 0 atom stereocenters.